The fourth-order valence-electron chi connectivity index (χ4n) is 4.20. The van der Waals surface area contributed by atoms with Gasteiger partial charge in [0.25, 0.3) is 11.5 Å². The van der Waals surface area contributed by atoms with E-state index in [0.29, 0.717) is 11.3 Å². The number of rotatable bonds is 5. The summed E-state index contributed by atoms with van der Waals surface area (Å²) in [5.41, 5.74) is 1.79. The summed E-state index contributed by atoms with van der Waals surface area (Å²) in [4.78, 5) is 41.2. The Labute approximate surface area is 192 Å². The number of carbonyl (C=O) groups excluding carboxylic acids is 1. The van der Waals surface area contributed by atoms with Crippen LogP contribution >= 0.6 is 0 Å². The molecule has 34 heavy (non-hydrogen) atoms. The number of ether oxygens (including phenoxy) is 1. The van der Waals surface area contributed by atoms with Gasteiger partial charge >= 0.3 is 5.97 Å². The van der Waals surface area contributed by atoms with E-state index >= 15 is 0 Å². The molecule has 1 unspecified atom stereocenters. The van der Waals surface area contributed by atoms with Gasteiger partial charge in [0.1, 0.15) is 30.2 Å². The van der Waals surface area contributed by atoms with E-state index in [2.05, 4.69) is 10.3 Å². The molecule has 0 fully saturated rings. The van der Waals surface area contributed by atoms with Gasteiger partial charge in [0.15, 0.2) is 0 Å². The third-order valence-corrected chi connectivity index (χ3v) is 5.79. The van der Waals surface area contributed by atoms with Crippen LogP contribution in [0.3, 0.4) is 0 Å². The summed E-state index contributed by atoms with van der Waals surface area (Å²) in [5.74, 6) is -2.33. The quantitative estimate of drug-likeness (QED) is 0.420. The van der Waals surface area contributed by atoms with Gasteiger partial charge in [0.2, 0.25) is 0 Å². The van der Waals surface area contributed by atoms with Gasteiger partial charge in [0.05, 0.1) is 11.6 Å². The van der Waals surface area contributed by atoms with Crippen molar-refractivity contribution >= 4 is 22.8 Å². The van der Waals surface area contributed by atoms with E-state index in [-0.39, 0.29) is 12.0 Å². The molecule has 4 aromatic rings. The lowest BCUT2D eigenvalue weighted by Crippen LogP contribution is -2.39. The number of aromatic hydroxyl groups is 1. The van der Waals surface area contributed by atoms with Crippen LogP contribution in [0.25, 0.3) is 22.0 Å². The van der Waals surface area contributed by atoms with Crippen molar-refractivity contribution in [2.45, 2.75) is 6.04 Å². The number of hydrogen-bond donors (Lipinski definition) is 3. The lowest BCUT2D eigenvalue weighted by Gasteiger charge is -2.29. The predicted molar refractivity (Wildman–Crippen MR) is 123 cm³/mol. The number of hydrogen-bond acceptors (Lipinski definition) is 6. The fraction of sp³-hybridized carbons (Fsp3) is 0.120. The number of aliphatic carboxylic acids is 1. The van der Waals surface area contributed by atoms with Crippen molar-refractivity contribution in [3.8, 4) is 22.6 Å². The second-order valence-corrected chi connectivity index (χ2v) is 7.82. The monoisotopic (exact) mass is 457 g/mol. The zero-order valence-corrected chi connectivity index (χ0v) is 17.8. The van der Waals surface area contributed by atoms with Gasteiger partial charge in [-0.25, -0.2) is 0 Å². The SMILES string of the molecule is O=C(O)CNC(=O)c1c(O)c2cccc3c2n(c1=O)C(c1ccc(-c2cccnc2)cc1)CO3. The number of carbonyl (C=O) groups is 2. The molecule has 3 N–H and O–H groups in total. The summed E-state index contributed by atoms with van der Waals surface area (Å²) in [6.45, 7) is -0.544. The first kappa shape index (κ1) is 21.2. The van der Waals surface area contributed by atoms with E-state index < -0.39 is 41.3 Å². The first-order valence-electron chi connectivity index (χ1n) is 10.5. The van der Waals surface area contributed by atoms with Gasteiger partial charge in [0, 0.05) is 17.8 Å². The first-order valence-corrected chi connectivity index (χ1v) is 10.5. The first-order chi connectivity index (χ1) is 16.5. The highest BCUT2D eigenvalue weighted by Crippen LogP contribution is 2.38. The Morgan fingerprint density at radius 1 is 1.09 bits per heavy atom. The van der Waals surface area contributed by atoms with Crippen molar-refractivity contribution in [2.75, 3.05) is 13.2 Å². The number of para-hydroxylation sites is 1. The topological polar surface area (TPSA) is 131 Å². The van der Waals surface area contributed by atoms with Crippen LogP contribution in [-0.2, 0) is 4.79 Å². The van der Waals surface area contributed by atoms with Crippen molar-refractivity contribution in [3.63, 3.8) is 0 Å². The van der Waals surface area contributed by atoms with Crippen LogP contribution < -0.4 is 15.6 Å². The average Bonchev–Trinajstić information content (AvgIpc) is 2.86. The van der Waals surface area contributed by atoms with E-state index in [1.54, 1.807) is 30.6 Å². The molecule has 0 radical (unpaired) electrons. The minimum atomic E-state index is -1.27. The molecular weight excluding hydrogens is 438 g/mol. The van der Waals surface area contributed by atoms with Crippen LogP contribution in [0.4, 0.5) is 0 Å². The van der Waals surface area contributed by atoms with Gasteiger partial charge < -0.3 is 20.3 Å². The molecule has 1 aliphatic rings. The fourth-order valence-corrected chi connectivity index (χ4v) is 4.20. The summed E-state index contributed by atoms with van der Waals surface area (Å²) in [6, 6.07) is 15.7. The number of carboxylic acids is 1. The molecule has 5 rings (SSSR count). The van der Waals surface area contributed by atoms with Crippen LogP contribution in [0.2, 0.25) is 0 Å². The molecule has 2 aromatic heterocycles. The van der Waals surface area contributed by atoms with Crippen molar-refractivity contribution in [1.82, 2.24) is 14.9 Å². The minimum Gasteiger partial charge on any atom is -0.506 e. The zero-order valence-electron chi connectivity index (χ0n) is 17.8. The molecular formula is C25H19N3O6. The number of amides is 1. The Balaban J connectivity index is 1.65. The summed E-state index contributed by atoms with van der Waals surface area (Å²) in [7, 11) is 0. The number of aromatic nitrogens is 2. The van der Waals surface area contributed by atoms with Crippen LogP contribution in [0.15, 0.2) is 71.8 Å². The number of carboxylic acid groups (broad SMARTS) is 1. The third kappa shape index (κ3) is 3.53. The standard InChI is InChI=1S/C25H19N3O6/c29-20(30)12-27-24(32)21-23(31)17-4-1-5-19-22(17)28(25(21)33)18(13-34-19)15-8-6-14(7-9-15)16-3-2-10-26-11-16/h1-11,18,31H,12-13H2,(H,27,32)(H,29,30). The molecule has 0 bridgehead atoms. The van der Waals surface area contributed by atoms with E-state index in [1.165, 1.54) is 4.57 Å². The number of nitrogens with zero attached hydrogens (tertiary/aromatic N) is 2. The average molecular weight is 457 g/mol. The van der Waals surface area contributed by atoms with Gasteiger partial charge in [-0.05, 0) is 34.9 Å². The minimum absolute atomic E-state index is 0.138. The molecule has 170 valence electrons. The lowest BCUT2D eigenvalue weighted by molar-refractivity contribution is -0.135. The van der Waals surface area contributed by atoms with Crippen LogP contribution in [0, 0.1) is 0 Å². The van der Waals surface area contributed by atoms with Gasteiger partial charge in [-0.2, -0.15) is 0 Å². The largest absolute Gasteiger partial charge is 0.506 e. The van der Waals surface area contributed by atoms with E-state index in [1.807, 2.05) is 36.4 Å². The molecule has 9 nitrogen and oxygen atoms in total. The molecule has 1 aliphatic heterocycles. The highest BCUT2D eigenvalue weighted by Gasteiger charge is 2.31. The molecule has 1 atom stereocenters. The number of nitrogens with one attached hydrogen (secondary N) is 1. The molecule has 0 saturated heterocycles. The summed E-state index contributed by atoms with van der Waals surface area (Å²) >= 11 is 0. The van der Waals surface area contributed by atoms with Crippen molar-refractivity contribution in [1.29, 1.82) is 0 Å². The van der Waals surface area contributed by atoms with Crippen molar-refractivity contribution < 1.29 is 24.5 Å². The van der Waals surface area contributed by atoms with E-state index in [0.717, 1.165) is 16.7 Å². The molecule has 1 amide bonds. The lowest BCUT2D eigenvalue weighted by atomic mass is 9.99. The Hall–Kier alpha value is -4.66. The van der Waals surface area contributed by atoms with Gasteiger partial charge in [-0.1, -0.05) is 36.4 Å². The maximum atomic E-state index is 13.5. The molecule has 0 saturated carbocycles. The maximum Gasteiger partial charge on any atom is 0.322 e. The predicted octanol–water partition coefficient (Wildman–Crippen LogP) is 2.57. The second kappa shape index (κ2) is 8.36. The number of pyridine rings is 2. The molecule has 0 spiro atoms. The summed E-state index contributed by atoms with van der Waals surface area (Å²) in [5, 5.41) is 22.1. The maximum absolute atomic E-state index is 13.5. The Bertz CT molecular complexity index is 1480. The number of benzene rings is 2. The normalized spacial score (nSPS) is 14.4. The molecule has 3 heterocycles. The summed E-state index contributed by atoms with van der Waals surface area (Å²) in [6.07, 6.45) is 3.45. The van der Waals surface area contributed by atoms with Crippen molar-refractivity contribution in [2.24, 2.45) is 0 Å². The van der Waals surface area contributed by atoms with Crippen LogP contribution in [0.5, 0.6) is 11.5 Å². The second-order valence-electron chi connectivity index (χ2n) is 7.82. The van der Waals surface area contributed by atoms with Gasteiger partial charge in [-0.3, -0.25) is 23.9 Å². The summed E-state index contributed by atoms with van der Waals surface area (Å²) < 4.78 is 7.34. The highest BCUT2D eigenvalue weighted by molar-refractivity contribution is 6.04. The van der Waals surface area contributed by atoms with Crippen LogP contribution in [0.1, 0.15) is 22.0 Å². The molecule has 9 heteroatoms. The Morgan fingerprint density at radius 3 is 2.59 bits per heavy atom. The van der Waals surface area contributed by atoms with Crippen molar-refractivity contribution in [3.05, 3.63) is 88.5 Å². The van der Waals surface area contributed by atoms with E-state index in [4.69, 9.17) is 9.84 Å². The third-order valence-electron chi connectivity index (χ3n) is 5.79. The Morgan fingerprint density at radius 2 is 1.88 bits per heavy atom. The Kier molecular flexibility index (Phi) is 5.21. The smallest absolute Gasteiger partial charge is 0.322 e. The van der Waals surface area contributed by atoms with Crippen LogP contribution in [-0.4, -0.2) is 44.8 Å². The zero-order chi connectivity index (χ0) is 23.8. The van der Waals surface area contributed by atoms with Gasteiger partial charge in [-0.15, -0.1) is 0 Å². The highest BCUT2D eigenvalue weighted by atomic mass is 16.5. The molecule has 2 aromatic carbocycles. The molecule has 0 aliphatic carbocycles. The van der Waals surface area contributed by atoms with E-state index in [9.17, 15) is 19.5 Å².